The number of carbonyl (C=O) groups excluding carboxylic acids is 2. The van der Waals surface area contributed by atoms with Gasteiger partial charge in [0.2, 0.25) is 15.9 Å². The minimum atomic E-state index is -4.44. The molecule has 1 saturated carbocycles. The number of halogens is 3. The second-order valence-corrected chi connectivity index (χ2v) is 11.6. The highest BCUT2D eigenvalue weighted by molar-refractivity contribution is 7.89. The molecule has 11 heteroatoms. The molecule has 0 aromatic heterocycles. The van der Waals surface area contributed by atoms with Crippen LogP contribution in [0.5, 0.6) is 0 Å². The molecule has 0 spiro atoms. The van der Waals surface area contributed by atoms with Crippen molar-refractivity contribution in [3.8, 4) is 0 Å². The molecule has 2 atom stereocenters. The maximum atomic E-state index is 13.3. The normalized spacial score (nSPS) is 19.4. The van der Waals surface area contributed by atoms with E-state index in [0.29, 0.717) is 24.9 Å². The summed E-state index contributed by atoms with van der Waals surface area (Å²) in [6.45, 7) is 0.343. The molecule has 1 aliphatic heterocycles. The zero-order chi connectivity index (χ0) is 26.3. The highest BCUT2D eigenvalue weighted by Gasteiger charge is 2.39. The minimum Gasteiger partial charge on any atom is -0.347 e. The third-order valence-corrected chi connectivity index (χ3v) is 8.48. The standard InChI is InChI=1S/C25H28F3N3O4S/c1-30(2)36(34,35)20-6-3-5-18(15-20)24(33)31-14-4-7-21(31)23(32)29-22(16-8-9-16)17-10-12-19(13-11-17)25(26,27)28/h3,5-6,10-13,15-16,21-22H,4,7-9,14H2,1-2H3,(H,29,32)/t21-,22-/m1/s1. The summed E-state index contributed by atoms with van der Waals surface area (Å²) in [6, 6.07) is 9.33. The van der Waals surface area contributed by atoms with Crippen LogP contribution in [-0.2, 0) is 21.0 Å². The van der Waals surface area contributed by atoms with Gasteiger partial charge in [0.05, 0.1) is 16.5 Å². The monoisotopic (exact) mass is 523 g/mol. The molecule has 0 radical (unpaired) electrons. The van der Waals surface area contributed by atoms with Crippen LogP contribution in [0, 0.1) is 5.92 Å². The van der Waals surface area contributed by atoms with Crippen LogP contribution in [0.25, 0.3) is 0 Å². The number of rotatable bonds is 7. The number of hydrogen-bond acceptors (Lipinski definition) is 4. The van der Waals surface area contributed by atoms with Crippen molar-refractivity contribution in [2.45, 2.75) is 48.8 Å². The quantitative estimate of drug-likeness (QED) is 0.598. The largest absolute Gasteiger partial charge is 0.416 e. The Morgan fingerprint density at radius 1 is 1.06 bits per heavy atom. The lowest BCUT2D eigenvalue weighted by Crippen LogP contribution is -2.47. The molecule has 2 aromatic carbocycles. The van der Waals surface area contributed by atoms with Gasteiger partial charge in [-0.05, 0) is 67.5 Å². The smallest absolute Gasteiger partial charge is 0.347 e. The van der Waals surface area contributed by atoms with E-state index in [9.17, 15) is 31.2 Å². The van der Waals surface area contributed by atoms with E-state index in [1.165, 1.54) is 55.4 Å². The number of amides is 2. The molecular weight excluding hydrogens is 495 g/mol. The third-order valence-electron chi connectivity index (χ3n) is 6.66. The predicted octanol–water partition coefficient (Wildman–Crippen LogP) is 3.83. The molecule has 1 aliphatic carbocycles. The minimum absolute atomic E-state index is 0.0188. The first-order chi connectivity index (χ1) is 16.9. The molecule has 1 N–H and O–H groups in total. The zero-order valence-corrected chi connectivity index (χ0v) is 20.8. The fraction of sp³-hybridized carbons (Fsp3) is 0.440. The molecule has 0 bridgehead atoms. The van der Waals surface area contributed by atoms with Gasteiger partial charge in [0.25, 0.3) is 5.91 Å². The predicted molar refractivity (Wildman–Crippen MR) is 126 cm³/mol. The fourth-order valence-electron chi connectivity index (χ4n) is 4.48. The fourth-order valence-corrected chi connectivity index (χ4v) is 5.43. The Morgan fingerprint density at radius 3 is 2.31 bits per heavy atom. The van der Waals surface area contributed by atoms with Crippen LogP contribution in [-0.4, -0.2) is 56.1 Å². The Bertz CT molecular complexity index is 1240. The highest BCUT2D eigenvalue weighted by atomic mass is 32.2. The van der Waals surface area contributed by atoms with Crippen LogP contribution < -0.4 is 5.32 Å². The van der Waals surface area contributed by atoms with Crippen LogP contribution >= 0.6 is 0 Å². The van der Waals surface area contributed by atoms with Gasteiger partial charge in [-0.15, -0.1) is 0 Å². The van der Waals surface area contributed by atoms with E-state index in [2.05, 4.69) is 5.32 Å². The van der Waals surface area contributed by atoms with Gasteiger partial charge in [-0.2, -0.15) is 13.2 Å². The summed E-state index contributed by atoms with van der Waals surface area (Å²) in [6.07, 6.45) is -1.69. The van der Waals surface area contributed by atoms with E-state index in [1.54, 1.807) is 0 Å². The number of nitrogens with zero attached hydrogens (tertiary/aromatic N) is 2. The summed E-state index contributed by atoms with van der Waals surface area (Å²) < 4.78 is 64.9. The Kier molecular flexibility index (Phi) is 7.16. The molecule has 2 amide bonds. The first-order valence-corrected chi connectivity index (χ1v) is 13.1. The van der Waals surface area contributed by atoms with Crippen molar-refractivity contribution in [2.24, 2.45) is 5.92 Å². The van der Waals surface area contributed by atoms with Crippen LogP contribution in [0.3, 0.4) is 0 Å². The van der Waals surface area contributed by atoms with E-state index >= 15 is 0 Å². The van der Waals surface area contributed by atoms with Crippen molar-refractivity contribution in [3.05, 3.63) is 65.2 Å². The second-order valence-electron chi connectivity index (χ2n) is 9.42. The van der Waals surface area contributed by atoms with Gasteiger partial charge in [-0.25, -0.2) is 12.7 Å². The first-order valence-electron chi connectivity index (χ1n) is 11.7. The molecule has 1 saturated heterocycles. The number of benzene rings is 2. The van der Waals surface area contributed by atoms with Gasteiger partial charge >= 0.3 is 6.18 Å². The van der Waals surface area contributed by atoms with Gasteiger partial charge in [0.1, 0.15) is 6.04 Å². The molecule has 36 heavy (non-hydrogen) atoms. The van der Waals surface area contributed by atoms with Gasteiger partial charge in [0, 0.05) is 26.2 Å². The molecule has 0 unspecified atom stereocenters. The SMILES string of the molecule is CN(C)S(=O)(=O)c1cccc(C(=O)N2CCC[C@@H]2C(=O)N[C@@H](c2ccc(C(F)(F)F)cc2)C2CC2)c1. The number of hydrogen-bond donors (Lipinski definition) is 1. The van der Waals surface area contributed by atoms with Crippen molar-refractivity contribution in [3.63, 3.8) is 0 Å². The van der Waals surface area contributed by atoms with Crippen LogP contribution in [0.2, 0.25) is 0 Å². The molecule has 2 aromatic rings. The van der Waals surface area contributed by atoms with Gasteiger partial charge in [-0.3, -0.25) is 9.59 Å². The van der Waals surface area contributed by atoms with Crippen molar-refractivity contribution in [1.82, 2.24) is 14.5 Å². The summed E-state index contributed by atoms with van der Waals surface area (Å²) in [7, 11) is -0.934. The lowest BCUT2D eigenvalue weighted by atomic mass is 10.00. The molecule has 2 fully saturated rings. The van der Waals surface area contributed by atoms with E-state index < -0.39 is 39.8 Å². The summed E-state index contributed by atoms with van der Waals surface area (Å²) in [4.78, 5) is 28.0. The summed E-state index contributed by atoms with van der Waals surface area (Å²) >= 11 is 0. The number of likely N-dealkylation sites (tertiary alicyclic amines) is 1. The van der Waals surface area contributed by atoms with Crippen LogP contribution in [0.4, 0.5) is 13.2 Å². The third kappa shape index (κ3) is 5.41. The molecule has 7 nitrogen and oxygen atoms in total. The molecule has 194 valence electrons. The van der Waals surface area contributed by atoms with E-state index in [1.807, 2.05) is 0 Å². The molecule has 4 rings (SSSR count). The lowest BCUT2D eigenvalue weighted by molar-refractivity contribution is -0.137. The Labute approximate surface area is 208 Å². The van der Waals surface area contributed by atoms with Gasteiger partial charge in [-0.1, -0.05) is 18.2 Å². The molecule has 1 heterocycles. The topological polar surface area (TPSA) is 86.8 Å². The summed E-state index contributed by atoms with van der Waals surface area (Å²) in [5.41, 5.74) is 0.00798. The number of alkyl halides is 3. The van der Waals surface area contributed by atoms with E-state index in [0.717, 1.165) is 29.3 Å². The zero-order valence-electron chi connectivity index (χ0n) is 20.0. The number of carbonyl (C=O) groups is 2. The van der Waals surface area contributed by atoms with Crippen molar-refractivity contribution >= 4 is 21.8 Å². The maximum absolute atomic E-state index is 13.3. The van der Waals surface area contributed by atoms with Gasteiger partial charge < -0.3 is 10.2 Å². The average molecular weight is 524 g/mol. The van der Waals surface area contributed by atoms with Crippen molar-refractivity contribution in [2.75, 3.05) is 20.6 Å². The highest BCUT2D eigenvalue weighted by Crippen LogP contribution is 2.42. The van der Waals surface area contributed by atoms with Gasteiger partial charge in [0.15, 0.2) is 0 Å². The van der Waals surface area contributed by atoms with Crippen molar-refractivity contribution < 1.29 is 31.2 Å². The van der Waals surface area contributed by atoms with E-state index in [-0.39, 0.29) is 22.3 Å². The van der Waals surface area contributed by atoms with Crippen LogP contribution in [0.15, 0.2) is 53.4 Å². The van der Waals surface area contributed by atoms with Crippen LogP contribution in [0.1, 0.15) is 53.2 Å². The van der Waals surface area contributed by atoms with E-state index in [4.69, 9.17) is 0 Å². The second kappa shape index (κ2) is 9.85. The maximum Gasteiger partial charge on any atom is 0.416 e. The summed E-state index contributed by atoms with van der Waals surface area (Å²) in [5.74, 6) is -0.681. The summed E-state index contributed by atoms with van der Waals surface area (Å²) in [5, 5.41) is 2.97. The Hall–Kier alpha value is -2.92. The van der Waals surface area contributed by atoms with Crippen molar-refractivity contribution in [1.29, 1.82) is 0 Å². The average Bonchev–Trinajstić information content (AvgIpc) is 3.56. The Morgan fingerprint density at radius 2 is 1.72 bits per heavy atom. The number of nitrogens with one attached hydrogen (secondary N) is 1. The lowest BCUT2D eigenvalue weighted by Gasteiger charge is -2.27. The molecule has 2 aliphatic rings. The first kappa shape index (κ1) is 26.2. The molecular formula is C25H28F3N3O4S. The number of sulfonamides is 1. The Balaban J connectivity index is 1.51.